The Balaban J connectivity index is 1.38. The fourth-order valence-corrected chi connectivity index (χ4v) is 3.78. The number of rotatable bonds is 7. The third-order valence-corrected chi connectivity index (χ3v) is 5.57. The first kappa shape index (κ1) is 22.2. The smallest absolute Gasteiger partial charge is 0.321 e. The Hall–Kier alpha value is -4.00. The largest absolute Gasteiger partial charge is 0.497 e. The van der Waals surface area contributed by atoms with Crippen molar-refractivity contribution in [1.29, 1.82) is 0 Å². The Morgan fingerprint density at radius 2 is 1.67 bits per heavy atom. The van der Waals surface area contributed by atoms with Gasteiger partial charge in [-0.1, -0.05) is 24.3 Å². The summed E-state index contributed by atoms with van der Waals surface area (Å²) in [6.45, 7) is 1.94. The lowest BCUT2D eigenvalue weighted by atomic mass is 10.1. The summed E-state index contributed by atoms with van der Waals surface area (Å²) in [7, 11) is 1.62. The molecule has 3 aromatic carbocycles. The Bertz CT molecular complexity index is 1110. The molecule has 0 aromatic heterocycles. The van der Waals surface area contributed by atoms with E-state index in [1.165, 1.54) is 0 Å². The molecule has 1 heterocycles. The van der Waals surface area contributed by atoms with E-state index in [2.05, 4.69) is 16.0 Å². The van der Waals surface area contributed by atoms with Crippen LogP contribution in [0.1, 0.15) is 28.8 Å². The number of nitrogens with zero attached hydrogens (tertiary/aromatic N) is 1. The number of benzene rings is 3. The Morgan fingerprint density at radius 3 is 2.42 bits per heavy atom. The molecule has 1 aliphatic rings. The summed E-state index contributed by atoms with van der Waals surface area (Å²) < 4.78 is 5.19. The molecular weight excluding hydrogens is 416 g/mol. The molecule has 33 heavy (non-hydrogen) atoms. The van der Waals surface area contributed by atoms with Crippen molar-refractivity contribution in [3.63, 3.8) is 0 Å². The van der Waals surface area contributed by atoms with Crippen molar-refractivity contribution >= 4 is 29.0 Å². The number of amides is 3. The zero-order valence-corrected chi connectivity index (χ0v) is 18.6. The fraction of sp³-hybridized carbons (Fsp3) is 0.231. The van der Waals surface area contributed by atoms with E-state index in [0.29, 0.717) is 17.8 Å². The molecule has 0 radical (unpaired) electrons. The van der Waals surface area contributed by atoms with Crippen LogP contribution in [0, 0.1) is 0 Å². The van der Waals surface area contributed by atoms with Crippen LogP contribution in [0.15, 0.2) is 72.8 Å². The lowest BCUT2D eigenvalue weighted by Gasteiger charge is -2.16. The van der Waals surface area contributed by atoms with Crippen LogP contribution in [0.3, 0.4) is 0 Å². The van der Waals surface area contributed by atoms with E-state index in [1.54, 1.807) is 13.2 Å². The predicted octanol–water partition coefficient (Wildman–Crippen LogP) is 5.00. The monoisotopic (exact) mass is 444 g/mol. The first-order chi connectivity index (χ1) is 16.1. The minimum absolute atomic E-state index is 0.0766. The van der Waals surface area contributed by atoms with Crippen molar-refractivity contribution in [2.45, 2.75) is 19.4 Å². The van der Waals surface area contributed by atoms with E-state index in [0.717, 1.165) is 48.6 Å². The number of hydrogen-bond donors (Lipinski definition) is 3. The normalized spacial score (nSPS) is 12.8. The van der Waals surface area contributed by atoms with Crippen LogP contribution in [0.4, 0.5) is 21.9 Å². The SMILES string of the molecule is COc1ccc(Nc2ccccc2C(=O)NCc2cccc(NC(=O)N3CCCC3)c2)cc1. The number of likely N-dealkylation sites (tertiary alicyclic amines) is 1. The number of urea groups is 1. The third kappa shape index (κ3) is 5.83. The Kier molecular flexibility index (Phi) is 7.09. The number of methoxy groups -OCH3 is 1. The van der Waals surface area contributed by atoms with Crippen molar-refractivity contribution in [3.05, 3.63) is 83.9 Å². The van der Waals surface area contributed by atoms with Crippen LogP contribution in [0.5, 0.6) is 5.75 Å². The fourth-order valence-electron chi connectivity index (χ4n) is 3.78. The van der Waals surface area contributed by atoms with Crippen LogP contribution in [-0.4, -0.2) is 37.0 Å². The van der Waals surface area contributed by atoms with Crippen molar-refractivity contribution in [2.24, 2.45) is 0 Å². The summed E-state index contributed by atoms with van der Waals surface area (Å²) in [4.78, 5) is 27.1. The van der Waals surface area contributed by atoms with Crippen LogP contribution >= 0.6 is 0 Å². The van der Waals surface area contributed by atoms with Gasteiger partial charge in [-0.3, -0.25) is 4.79 Å². The molecule has 3 aromatic rings. The second-order valence-electron chi connectivity index (χ2n) is 7.91. The molecule has 0 saturated carbocycles. The van der Waals surface area contributed by atoms with Crippen LogP contribution in [-0.2, 0) is 6.54 Å². The zero-order valence-electron chi connectivity index (χ0n) is 18.6. The summed E-state index contributed by atoms with van der Waals surface area (Å²) in [6, 6.07) is 22.4. The quantitative estimate of drug-likeness (QED) is 0.479. The van der Waals surface area contributed by atoms with Gasteiger partial charge in [0.2, 0.25) is 0 Å². The maximum Gasteiger partial charge on any atom is 0.321 e. The summed E-state index contributed by atoms with van der Waals surface area (Å²) in [5.41, 5.74) is 3.75. The minimum Gasteiger partial charge on any atom is -0.497 e. The van der Waals surface area contributed by atoms with Crippen molar-refractivity contribution < 1.29 is 14.3 Å². The van der Waals surface area contributed by atoms with E-state index < -0.39 is 0 Å². The molecule has 1 saturated heterocycles. The van der Waals surface area contributed by atoms with Crippen LogP contribution in [0.25, 0.3) is 0 Å². The summed E-state index contributed by atoms with van der Waals surface area (Å²) in [5, 5.41) is 9.21. The molecule has 0 aliphatic carbocycles. The second-order valence-corrected chi connectivity index (χ2v) is 7.91. The number of hydrogen-bond acceptors (Lipinski definition) is 4. The molecular formula is C26H28N4O3. The first-order valence-electron chi connectivity index (χ1n) is 11.1. The number of para-hydroxylation sites is 1. The highest BCUT2D eigenvalue weighted by molar-refractivity contribution is 6.00. The molecule has 170 valence electrons. The van der Waals surface area contributed by atoms with Gasteiger partial charge in [0, 0.05) is 31.0 Å². The van der Waals surface area contributed by atoms with Gasteiger partial charge < -0.3 is 25.6 Å². The molecule has 7 nitrogen and oxygen atoms in total. The van der Waals surface area contributed by atoms with Gasteiger partial charge in [0.1, 0.15) is 5.75 Å². The first-order valence-corrected chi connectivity index (χ1v) is 11.1. The number of ether oxygens (including phenoxy) is 1. The number of anilines is 3. The number of carbonyl (C=O) groups excluding carboxylic acids is 2. The van der Waals surface area contributed by atoms with Crippen LogP contribution < -0.4 is 20.7 Å². The lowest BCUT2D eigenvalue weighted by Crippen LogP contribution is -2.32. The topological polar surface area (TPSA) is 82.7 Å². The molecule has 7 heteroatoms. The molecule has 0 spiro atoms. The van der Waals surface area contributed by atoms with E-state index in [-0.39, 0.29) is 11.9 Å². The Morgan fingerprint density at radius 1 is 0.909 bits per heavy atom. The summed E-state index contributed by atoms with van der Waals surface area (Å²) in [6.07, 6.45) is 2.10. The van der Waals surface area contributed by atoms with Gasteiger partial charge in [0.15, 0.2) is 0 Å². The zero-order chi connectivity index (χ0) is 23.0. The highest BCUT2D eigenvalue weighted by Gasteiger charge is 2.18. The maximum absolute atomic E-state index is 12.9. The Labute approximate surface area is 193 Å². The molecule has 4 rings (SSSR count). The van der Waals surface area contributed by atoms with Gasteiger partial charge in [-0.15, -0.1) is 0 Å². The van der Waals surface area contributed by atoms with E-state index in [9.17, 15) is 9.59 Å². The maximum atomic E-state index is 12.9. The van der Waals surface area contributed by atoms with E-state index in [1.807, 2.05) is 71.6 Å². The minimum atomic E-state index is -0.182. The van der Waals surface area contributed by atoms with Gasteiger partial charge in [-0.25, -0.2) is 4.79 Å². The lowest BCUT2D eigenvalue weighted by molar-refractivity contribution is 0.0951. The molecule has 0 unspecified atom stereocenters. The standard InChI is InChI=1S/C26H28N4O3/c1-33-22-13-11-20(12-14-22)28-24-10-3-2-9-23(24)25(31)27-18-19-7-6-8-21(17-19)29-26(32)30-15-4-5-16-30/h2-3,6-14,17,28H,4-5,15-16,18H2,1H3,(H,27,31)(H,29,32). The van der Waals surface area contributed by atoms with Gasteiger partial charge in [0.05, 0.1) is 18.4 Å². The van der Waals surface area contributed by atoms with Gasteiger partial charge >= 0.3 is 6.03 Å². The molecule has 3 amide bonds. The van der Waals surface area contributed by atoms with Crippen molar-refractivity contribution in [1.82, 2.24) is 10.2 Å². The highest BCUT2D eigenvalue weighted by atomic mass is 16.5. The average molecular weight is 445 g/mol. The number of carbonyl (C=O) groups is 2. The van der Waals surface area contributed by atoms with Crippen LogP contribution in [0.2, 0.25) is 0 Å². The van der Waals surface area contributed by atoms with Gasteiger partial charge in [-0.2, -0.15) is 0 Å². The predicted molar refractivity (Wildman–Crippen MR) is 130 cm³/mol. The summed E-state index contributed by atoms with van der Waals surface area (Å²) in [5.74, 6) is 0.587. The van der Waals surface area contributed by atoms with E-state index >= 15 is 0 Å². The van der Waals surface area contributed by atoms with Gasteiger partial charge in [-0.05, 0) is 66.9 Å². The van der Waals surface area contributed by atoms with Gasteiger partial charge in [0.25, 0.3) is 5.91 Å². The molecule has 1 aliphatic heterocycles. The molecule has 0 bridgehead atoms. The molecule has 3 N–H and O–H groups in total. The van der Waals surface area contributed by atoms with Crippen molar-refractivity contribution in [3.8, 4) is 5.75 Å². The van der Waals surface area contributed by atoms with E-state index in [4.69, 9.17) is 4.74 Å². The van der Waals surface area contributed by atoms with Crippen molar-refractivity contribution in [2.75, 3.05) is 30.8 Å². The molecule has 1 fully saturated rings. The second kappa shape index (κ2) is 10.5. The number of nitrogens with one attached hydrogen (secondary N) is 3. The average Bonchev–Trinajstić information content (AvgIpc) is 3.39. The third-order valence-electron chi connectivity index (χ3n) is 5.57. The summed E-state index contributed by atoms with van der Waals surface area (Å²) >= 11 is 0. The highest BCUT2D eigenvalue weighted by Crippen LogP contribution is 2.23. The molecule has 0 atom stereocenters.